The maximum atomic E-state index is 4.14. The summed E-state index contributed by atoms with van der Waals surface area (Å²) in [7, 11) is 0. The highest BCUT2D eigenvalue weighted by Crippen LogP contribution is 2.35. The van der Waals surface area contributed by atoms with Gasteiger partial charge in [0.05, 0.1) is 0 Å². The van der Waals surface area contributed by atoms with Crippen LogP contribution in [0.15, 0.2) is 85.2 Å². The van der Waals surface area contributed by atoms with E-state index in [1.165, 1.54) is 27.5 Å². The Hall–Kier alpha value is -3.13. The molecule has 0 amide bonds. The first kappa shape index (κ1) is 16.3. The zero-order valence-corrected chi connectivity index (χ0v) is 15.1. The molecule has 3 aromatic carbocycles. The van der Waals surface area contributed by atoms with E-state index in [0.29, 0.717) is 5.92 Å². The highest BCUT2D eigenvalue weighted by molar-refractivity contribution is 5.98. The van der Waals surface area contributed by atoms with Crippen molar-refractivity contribution in [2.24, 2.45) is 0 Å². The molecule has 1 heterocycles. The Morgan fingerprint density at radius 1 is 0.769 bits per heavy atom. The lowest BCUT2D eigenvalue weighted by atomic mass is 9.89. The third kappa shape index (κ3) is 3.18. The first-order valence-corrected chi connectivity index (χ1v) is 8.97. The van der Waals surface area contributed by atoms with Gasteiger partial charge >= 0.3 is 0 Å². The number of nitrogens with zero attached hydrogens (tertiary/aromatic N) is 1. The van der Waals surface area contributed by atoms with E-state index in [1.54, 1.807) is 0 Å². The number of hydrogen-bond donors (Lipinski definition) is 1. The quantitative estimate of drug-likeness (QED) is 0.463. The standard InChI is InChI=1S/C24H22N2/c1-17-7-9-20(10-8-17)26-24-12-11-21(22-5-3-4-6-23(22)24)18(2)19-13-15-25-16-14-19/h3-16,18,26H,1-2H3. The zero-order chi connectivity index (χ0) is 17.9. The number of hydrogen-bond acceptors (Lipinski definition) is 2. The lowest BCUT2D eigenvalue weighted by Crippen LogP contribution is -1.99. The van der Waals surface area contributed by atoms with Gasteiger partial charge in [0.2, 0.25) is 0 Å². The van der Waals surface area contributed by atoms with Crippen LogP contribution in [0.1, 0.15) is 29.5 Å². The Bertz CT molecular complexity index is 1020. The molecule has 1 aromatic heterocycles. The maximum Gasteiger partial charge on any atom is 0.0464 e. The molecule has 0 saturated heterocycles. The van der Waals surface area contributed by atoms with E-state index in [2.05, 4.69) is 96.9 Å². The number of pyridine rings is 1. The highest BCUT2D eigenvalue weighted by atomic mass is 14.9. The minimum atomic E-state index is 0.316. The smallest absolute Gasteiger partial charge is 0.0464 e. The normalized spacial score (nSPS) is 12.1. The molecule has 1 N–H and O–H groups in total. The van der Waals surface area contributed by atoms with Crippen molar-refractivity contribution in [3.05, 3.63) is 102 Å². The molecular weight excluding hydrogens is 316 g/mol. The largest absolute Gasteiger partial charge is 0.355 e. The fourth-order valence-corrected chi connectivity index (χ4v) is 3.43. The van der Waals surface area contributed by atoms with Crippen LogP contribution < -0.4 is 5.32 Å². The Labute approximate surface area is 154 Å². The second-order valence-corrected chi connectivity index (χ2v) is 6.74. The summed E-state index contributed by atoms with van der Waals surface area (Å²) in [4.78, 5) is 4.14. The average molecular weight is 338 g/mol. The second kappa shape index (κ2) is 7.01. The summed E-state index contributed by atoms with van der Waals surface area (Å²) in [6.45, 7) is 4.36. The molecule has 0 aliphatic rings. The van der Waals surface area contributed by atoms with Gasteiger partial charge in [0, 0.05) is 35.1 Å². The van der Waals surface area contributed by atoms with Crippen LogP contribution in [0, 0.1) is 6.92 Å². The number of nitrogens with one attached hydrogen (secondary N) is 1. The van der Waals surface area contributed by atoms with Crippen LogP contribution in [-0.2, 0) is 0 Å². The summed E-state index contributed by atoms with van der Waals surface area (Å²) in [5.74, 6) is 0.316. The van der Waals surface area contributed by atoms with Gasteiger partial charge in [-0.1, -0.05) is 55.0 Å². The van der Waals surface area contributed by atoms with Crippen molar-refractivity contribution in [3.63, 3.8) is 0 Å². The SMILES string of the molecule is Cc1ccc(Nc2ccc(C(C)c3ccncc3)c3ccccc23)cc1. The molecule has 0 aliphatic heterocycles. The molecule has 26 heavy (non-hydrogen) atoms. The van der Waals surface area contributed by atoms with Crippen molar-refractivity contribution in [1.29, 1.82) is 0 Å². The fraction of sp³-hybridized carbons (Fsp3) is 0.125. The molecular formula is C24H22N2. The predicted molar refractivity (Wildman–Crippen MR) is 110 cm³/mol. The Balaban J connectivity index is 1.77. The summed E-state index contributed by atoms with van der Waals surface area (Å²) in [5, 5.41) is 6.10. The second-order valence-electron chi connectivity index (χ2n) is 6.74. The molecule has 2 heteroatoms. The van der Waals surface area contributed by atoms with Crippen LogP contribution in [0.4, 0.5) is 11.4 Å². The summed E-state index contributed by atoms with van der Waals surface area (Å²) >= 11 is 0. The van der Waals surface area contributed by atoms with E-state index in [-0.39, 0.29) is 0 Å². The Morgan fingerprint density at radius 3 is 2.19 bits per heavy atom. The van der Waals surface area contributed by atoms with E-state index in [1.807, 2.05) is 12.4 Å². The Morgan fingerprint density at radius 2 is 1.46 bits per heavy atom. The molecule has 4 rings (SSSR count). The van der Waals surface area contributed by atoms with Gasteiger partial charge < -0.3 is 5.32 Å². The molecule has 1 unspecified atom stereocenters. The number of fused-ring (bicyclic) bond motifs is 1. The molecule has 2 nitrogen and oxygen atoms in total. The third-order valence-electron chi connectivity index (χ3n) is 4.96. The zero-order valence-electron chi connectivity index (χ0n) is 15.1. The van der Waals surface area contributed by atoms with Crippen LogP contribution in [0.25, 0.3) is 10.8 Å². The fourth-order valence-electron chi connectivity index (χ4n) is 3.43. The molecule has 4 aromatic rings. The molecule has 0 saturated carbocycles. The maximum absolute atomic E-state index is 4.14. The van der Waals surface area contributed by atoms with Crippen LogP contribution in [-0.4, -0.2) is 4.98 Å². The molecule has 128 valence electrons. The lowest BCUT2D eigenvalue weighted by molar-refractivity contribution is 0.928. The van der Waals surface area contributed by atoms with Gasteiger partial charge in [-0.15, -0.1) is 0 Å². The molecule has 1 atom stereocenters. The summed E-state index contributed by atoms with van der Waals surface area (Å²) in [6, 6.07) is 25.7. The van der Waals surface area contributed by atoms with Crippen molar-refractivity contribution in [1.82, 2.24) is 4.98 Å². The predicted octanol–water partition coefficient (Wildman–Crippen LogP) is 6.44. The van der Waals surface area contributed by atoms with E-state index in [9.17, 15) is 0 Å². The minimum absolute atomic E-state index is 0.316. The number of aryl methyl sites for hydroxylation is 1. The summed E-state index contributed by atoms with van der Waals surface area (Å²) < 4.78 is 0. The molecule has 0 bridgehead atoms. The topological polar surface area (TPSA) is 24.9 Å². The van der Waals surface area contributed by atoms with Crippen molar-refractivity contribution >= 4 is 22.1 Å². The third-order valence-corrected chi connectivity index (χ3v) is 4.96. The molecule has 0 spiro atoms. The van der Waals surface area contributed by atoms with Gasteiger partial charge in [0.25, 0.3) is 0 Å². The van der Waals surface area contributed by atoms with Crippen molar-refractivity contribution in [2.75, 3.05) is 5.32 Å². The first-order chi connectivity index (χ1) is 12.7. The van der Waals surface area contributed by atoms with E-state index in [0.717, 1.165) is 11.4 Å². The van der Waals surface area contributed by atoms with Crippen molar-refractivity contribution in [3.8, 4) is 0 Å². The van der Waals surface area contributed by atoms with Crippen molar-refractivity contribution in [2.45, 2.75) is 19.8 Å². The number of rotatable bonds is 4. The van der Waals surface area contributed by atoms with Crippen LogP contribution in [0.5, 0.6) is 0 Å². The summed E-state index contributed by atoms with van der Waals surface area (Å²) in [6.07, 6.45) is 3.72. The number of aromatic nitrogens is 1. The number of benzene rings is 3. The van der Waals surface area contributed by atoms with Crippen LogP contribution >= 0.6 is 0 Å². The highest BCUT2D eigenvalue weighted by Gasteiger charge is 2.13. The Kier molecular flexibility index (Phi) is 4.40. The monoisotopic (exact) mass is 338 g/mol. The number of anilines is 2. The minimum Gasteiger partial charge on any atom is -0.355 e. The average Bonchev–Trinajstić information content (AvgIpc) is 2.70. The van der Waals surface area contributed by atoms with E-state index >= 15 is 0 Å². The van der Waals surface area contributed by atoms with Gasteiger partial charge in [-0.25, -0.2) is 0 Å². The van der Waals surface area contributed by atoms with Crippen LogP contribution in [0.2, 0.25) is 0 Å². The molecule has 0 aliphatic carbocycles. The molecule has 0 radical (unpaired) electrons. The van der Waals surface area contributed by atoms with Gasteiger partial charge in [-0.05, 0) is 53.8 Å². The van der Waals surface area contributed by atoms with Gasteiger partial charge in [-0.2, -0.15) is 0 Å². The van der Waals surface area contributed by atoms with Crippen LogP contribution in [0.3, 0.4) is 0 Å². The molecule has 0 fully saturated rings. The van der Waals surface area contributed by atoms with E-state index in [4.69, 9.17) is 0 Å². The van der Waals surface area contributed by atoms with Gasteiger partial charge in [0.1, 0.15) is 0 Å². The lowest BCUT2D eigenvalue weighted by Gasteiger charge is -2.18. The van der Waals surface area contributed by atoms with Gasteiger partial charge in [-0.3, -0.25) is 4.98 Å². The first-order valence-electron chi connectivity index (χ1n) is 8.97. The summed E-state index contributed by atoms with van der Waals surface area (Å²) in [5.41, 5.74) is 6.12. The van der Waals surface area contributed by atoms with Gasteiger partial charge in [0.15, 0.2) is 0 Å². The van der Waals surface area contributed by atoms with Crippen molar-refractivity contribution < 1.29 is 0 Å². The van der Waals surface area contributed by atoms with E-state index < -0.39 is 0 Å².